The molecule has 1 amide bonds. The Morgan fingerprint density at radius 1 is 1.04 bits per heavy atom. The first-order chi connectivity index (χ1) is 13.7. The summed E-state index contributed by atoms with van der Waals surface area (Å²) in [6.45, 7) is 2.55. The van der Waals surface area contributed by atoms with E-state index in [1.54, 1.807) is 20.3 Å². The van der Waals surface area contributed by atoms with Gasteiger partial charge in [-0.05, 0) is 43.3 Å². The molecule has 144 valence electrons. The van der Waals surface area contributed by atoms with Crippen molar-refractivity contribution < 1.29 is 19.0 Å². The second-order valence-corrected chi connectivity index (χ2v) is 6.33. The van der Waals surface area contributed by atoms with E-state index >= 15 is 0 Å². The van der Waals surface area contributed by atoms with Gasteiger partial charge in [-0.1, -0.05) is 0 Å². The molecule has 2 aromatic carbocycles. The van der Waals surface area contributed by atoms with Crippen LogP contribution in [0, 0.1) is 0 Å². The summed E-state index contributed by atoms with van der Waals surface area (Å²) in [5.74, 6) is 1.92. The zero-order chi connectivity index (χ0) is 19.7. The van der Waals surface area contributed by atoms with E-state index < -0.39 is 0 Å². The average Bonchev–Trinajstić information content (AvgIpc) is 3.30. The Kier molecular flexibility index (Phi) is 4.65. The average molecular weight is 379 g/mol. The molecule has 4 rings (SSSR count). The molecule has 0 fully saturated rings. The maximum absolute atomic E-state index is 12.5. The Bertz CT molecular complexity index is 1010. The number of nitrogens with one attached hydrogen (secondary N) is 2. The van der Waals surface area contributed by atoms with Gasteiger partial charge in [-0.25, -0.2) is 0 Å². The highest BCUT2D eigenvalue weighted by molar-refractivity contribution is 6.00. The summed E-state index contributed by atoms with van der Waals surface area (Å²) in [5.41, 5.74) is 3.72. The molecule has 1 aliphatic heterocycles. The molecule has 7 nitrogen and oxygen atoms in total. The second kappa shape index (κ2) is 7.26. The SMILES string of the molecule is CCOc1ccc(-c2n[nH]c3c2[C@H](c2ccc(OC)cc2OC)NC3=O)cc1. The van der Waals surface area contributed by atoms with Gasteiger partial charge in [0, 0.05) is 22.8 Å². The van der Waals surface area contributed by atoms with Gasteiger partial charge in [0.1, 0.15) is 22.9 Å². The van der Waals surface area contributed by atoms with Crippen molar-refractivity contribution in [1.82, 2.24) is 15.5 Å². The standard InChI is InChI=1S/C21H21N3O4/c1-4-28-13-7-5-12(6-8-13)18-17-19(22-21(25)20(17)24-23-18)15-10-9-14(26-2)11-16(15)27-3/h5-11,19H,4H2,1-3H3,(H,22,25)(H,23,24)/t19-/m0/s1. The van der Waals surface area contributed by atoms with Crippen LogP contribution in [0.25, 0.3) is 11.3 Å². The number of rotatable bonds is 6. The first kappa shape index (κ1) is 17.9. The van der Waals surface area contributed by atoms with E-state index in [0.29, 0.717) is 23.8 Å². The van der Waals surface area contributed by atoms with Gasteiger partial charge in [-0.15, -0.1) is 0 Å². The quantitative estimate of drug-likeness (QED) is 0.686. The minimum atomic E-state index is -0.372. The molecule has 28 heavy (non-hydrogen) atoms. The van der Waals surface area contributed by atoms with Crippen LogP contribution in [0.3, 0.4) is 0 Å². The molecular formula is C21H21N3O4. The van der Waals surface area contributed by atoms with Crippen LogP contribution in [0.4, 0.5) is 0 Å². The number of ether oxygens (including phenoxy) is 3. The van der Waals surface area contributed by atoms with Crippen LogP contribution >= 0.6 is 0 Å². The topological polar surface area (TPSA) is 85.5 Å². The van der Waals surface area contributed by atoms with Crippen LogP contribution in [0.5, 0.6) is 17.2 Å². The predicted molar refractivity (Wildman–Crippen MR) is 104 cm³/mol. The highest BCUT2D eigenvalue weighted by atomic mass is 16.5. The molecule has 0 saturated carbocycles. The van der Waals surface area contributed by atoms with E-state index in [1.165, 1.54) is 0 Å². The first-order valence-electron chi connectivity index (χ1n) is 9.00. The van der Waals surface area contributed by atoms with Crippen LogP contribution in [0.1, 0.15) is 34.6 Å². The number of fused-ring (bicyclic) bond motifs is 1. The normalized spacial score (nSPS) is 15.1. The van der Waals surface area contributed by atoms with Crippen LogP contribution < -0.4 is 19.5 Å². The van der Waals surface area contributed by atoms with Crippen molar-refractivity contribution in [3.63, 3.8) is 0 Å². The zero-order valence-corrected chi connectivity index (χ0v) is 15.9. The third-order valence-corrected chi connectivity index (χ3v) is 4.79. The number of methoxy groups -OCH3 is 2. The fraction of sp³-hybridized carbons (Fsp3) is 0.238. The molecule has 2 heterocycles. The van der Waals surface area contributed by atoms with E-state index in [2.05, 4.69) is 15.5 Å². The number of H-pyrrole nitrogens is 1. The van der Waals surface area contributed by atoms with E-state index in [0.717, 1.165) is 28.1 Å². The fourth-order valence-electron chi connectivity index (χ4n) is 3.47. The molecule has 0 aliphatic carbocycles. The van der Waals surface area contributed by atoms with Crippen LogP contribution in [0.15, 0.2) is 42.5 Å². The summed E-state index contributed by atoms with van der Waals surface area (Å²) in [5, 5.41) is 10.3. The smallest absolute Gasteiger partial charge is 0.270 e. The third kappa shape index (κ3) is 2.94. The van der Waals surface area contributed by atoms with Gasteiger partial charge in [0.2, 0.25) is 0 Å². The Hall–Kier alpha value is -3.48. The Morgan fingerprint density at radius 3 is 2.46 bits per heavy atom. The van der Waals surface area contributed by atoms with E-state index in [-0.39, 0.29) is 11.9 Å². The van der Waals surface area contributed by atoms with E-state index in [9.17, 15) is 4.79 Å². The Labute approximate surface area is 162 Å². The summed E-state index contributed by atoms with van der Waals surface area (Å²) < 4.78 is 16.3. The molecular weight excluding hydrogens is 358 g/mol. The van der Waals surface area contributed by atoms with Crippen LogP contribution in [-0.2, 0) is 0 Å². The number of benzene rings is 2. The number of aromatic nitrogens is 2. The molecule has 1 atom stereocenters. The Morgan fingerprint density at radius 2 is 1.79 bits per heavy atom. The third-order valence-electron chi connectivity index (χ3n) is 4.79. The molecule has 0 spiro atoms. The molecule has 1 aromatic heterocycles. The number of nitrogens with zero attached hydrogens (tertiary/aromatic N) is 1. The second-order valence-electron chi connectivity index (χ2n) is 6.33. The van der Waals surface area contributed by atoms with Gasteiger partial charge in [-0.3, -0.25) is 9.89 Å². The first-order valence-corrected chi connectivity index (χ1v) is 9.00. The van der Waals surface area contributed by atoms with E-state index in [4.69, 9.17) is 14.2 Å². The lowest BCUT2D eigenvalue weighted by molar-refractivity contribution is 0.0955. The predicted octanol–water partition coefficient (Wildman–Crippen LogP) is 3.33. The molecule has 7 heteroatoms. The Balaban J connectivity index is 1.78. The van der Waals surface area contributed by atoms with Gasteiger partial charge in [0.25, 0.3) is 5.91 Å². The number of hydrogen-bond donors (Lipinski definition) is 2. The van der Waals surface area contributed by atoms with Crippen molar-refractivity contribution >= 4 is 5.91 Å². The number of amides is 1. The molecule has 0 radical (unpaired) electrons. The van der Waals surface area contributed by atoms with Gasteiger partial charge in [0.15, 0.2) is 0 Å². The summed E-state index contributed by atoms with van der Waals surface area (Å²) in [4.78, 5) is 12.5. The highest BCUT2D eigenvalue weighted by Crippen LogP contribution is 2.41. The van der Waals surface area contributed by atoms with Crippen molar-refractivity contribution in [2.75, 3.05) is 20.8 Å². The maximum Gasteiger partial charge on any atom is 0.270 e. The molecule has 0 saturated heterocycles. The molecule has 2 N–H and O–H groups in total. The van der Waals surface area contributed by atoms with Gasteiger partial charge in [-0.2, -0.15) is 5.10 Å². The number of carbonyl (C=O) groups excluding carboxylic acids is 1. The number of aromatic amines is 1. The minimum Gasteiger partial charge on any atom is -0.497 e. The van der Waals surface area contributed by atoms with Gasteiger partial charge < -0.3 is 19.5 Å². The number of hydrogen-bond acceptors (Lipinski definition) is 5. The summed E-state index contributed by atoms with van der Waals surface area (Å²) in [6, 6.07) is 12.8. The highest BCUT2D eigenvalue weighted by Gasteiger charge is 2.37. The van der Waals surface area contributed by atoms with Crippen molar-refractivity contribution in [2.45, 2.75) is 13.0 Å². The lowest BCUT2D eigenvalue weighted by Gasteiger charge is -2.17. The summed E-state index contributed by atoms with van der Waals surface area (Å²) >= 11 is 0. The van der Waals surface area contributed by atoms with Crippen molar-refractivity contribution in [1.29, 1.82) is 0 Å². The van der Waals surface area contributed by atoms with Crippen molar-refractivity contribution in [3.05, 3.63) is 59.3 Å². The lowest BCUT2D eigenvalue weighted by Crippen LogP contribution is -2.21. The minimum absolute atomic E-state index is 0.192. The van der Waals surface area contributed by atoms with Gasteiger partial charge >= 0.3 is 0 Å². The summed E-state index contributed by atoms with van der Waals surface area (Å²) in [7, 11) is 3.20. The zero-order valence-electron chi connectivity index (χ0n) is 15.9. The van der Waals surface area contributed by atoms with Crippen LogP contribution in [0.2, 0.25) is 0 Å². The largest absolute Gasteiger partial charge is 0.497 e. The lowest BCUT2D eigenvalue weighted by atomic mass is 9.96. The monoisotopic (exact) mass is 379 g/mol. The van der Waals surface area contributed by atoms with Crippen molar-refractivity contribution in [3.8, 4) is 28.5 Å². The van der Waals surface area contributed by atoms with Crippen LogP contribution in [-0.4, -0.2) is 36.9 Å². The maximum atomic E-state index is 12.5. The number of carbonyl (C=O) groups is 1. The van der Waals surface area contributed by atoms with E-state index in [1.807, 2.05) is 43.3 Å². The molecule has 0 unspecified atom stereocenters. The molecule has 0 bridgehead atoms. The summed E-state index contributed by atoms with van der Waals surface area (Å²) in [6.07, 6.45) is 0. The fourth-order valence-corrected chi connectivity index (χ4v) is 3.47. The van der Waals surface area contributed by atoms with Crippen molar-refractivity contribution in [2.24, 2.45) is 0 Å². The molecule has 1 aliphatic rings. The molecule has 3 aromatic rings. The van der Waals surface area contributed by atoms with Gasteiger partial charge in [0.05, 0.1) is 32.6 Å².